The summed E-state index contributed by atoms with van der Waals surface area (Å²) in [6, 6.07) is 9.61. The maximum absolute atomic E-state index is 13.1. The van der Waals surface area contributed by atoms with Gasteiger partial charge < -0.3 is 15.0 Å². The van der Waals surface area contributed by atoms with Crippen LogP contribution in [0.25, 0.3) is 0 Å². The van der Waals surface area contributed by atoms with E-state index >= 15 is 0 Å². The molecule has 8 nitrogen and oxygen atoms in total. The Morgan fingerprint density at radius 3 is 2.44 bits per heavy atom. The van der Waals surface area contributed by atoms with E-state index in [2.05, 4.69) is 10.0 Å². The van der Waals surface area contributed by atoms with E-state index in [1.165, 1.54) is 6.07 Å². The van der Waals surface area contributed by atoms with Gasteiger partial charge in [-0.05, 0) is 62.6 Å². The smallest absolute Gasteiger partial charge is 0.262 e. The Kier molecular flexibility index (Phi) is 7.26. The van der Waals surface area contributed by atoms with Gasteiger partial charge in [0.1, 0.15) is 12.4 Å². The number of sulfonamides is 1. The van der Waals surface area contributed by atoms with Crippen LogP contribution in [0.15, 0.2) is 41.3 Å². The Morgan fingerprint density at radius 2 is 1.82 bits per heavy atom. The van der Waals surface area contributed by atoms with Crippen molar-refractivity contribution < 1.29 is 22.7 Å². The van der Waals surface area contributed by atoms with Crippen LogP contribution in [0, 0.1) is 18.3 Å². The lowest BCUT2D eigenvalue weighted by molar-refractivity contribution is -0.127. The summed E-state index contributed by atoms with van der Waals surface area (Å²) in [5.74, 6) is 0.525. The van der Waals surface area contributed by atoms with Crippen molar-refractivity contribution in [3.63, 3.8) is 0 Å². The molecule has 3 rings (SSSR count). The molecule has 2 amide bonds. The summed E-state index contributed by atoms with van der Waals surface area (Å²) in [5, 5.41) is 2.73. The summed E-state index contributed by atoms with van der Waals surface area (Å²) in [5.41, 5.74) is 1.29. The first-order valence-corrected chi connectivity index (χ1v) is 12.8. The standard InChI is InChI=1S/C25H33N3O5S/c1-7-23(29)26-18-9-11-22(17(4)12-18)34(31,32)27-19-8-10-20-21(13-19)33-15-25(5,6)24(30)28(20)14-16(2)3/h8-13,16,27H,7,14-15H2,1-6H3,(H,26,29). The van der Waals surface area contributed by atoms with Crippen molar-refractivity contribution >= 4 is 38.9 Å². The van der Waals surface area contributed by atoms with Crippen LogP contribution in [-0.2, 0) is 19.6 Å². The van der Waals surface area contributed by atoms with Crippen LogP contribution in [0.3, 0.4) is 0 Å². The molecule has 184 valence electrons. The molecule has 1 aliphatic heterocycles. The summed E-state index contributed by atoms with van der Waals surface area (Å²) < 4.78 is 34.8. The number of hydrogen-bond donors (Lipinski definition) is 2. The van der Waals surface area contributed by atoms with Gasteiger partial charge in [0.2, 0.25) is 11.8 Å². The number of ether oxygens (including phenoxy) is 1. The van der Waals surface area contributed by atoms with Gasteiger partial charge >= 0.3 is 0 Å². The molecule has 1 heterocycles. The van der Waals surface area contributed by atoms with E-state index in [1.807, 2.05) is 27.7 Å². The van der Waals surface area contributed by atoms with Gasteiger partial charge in [-0.2, -0.15) is 0 Å². The number of aryl methyl sites for hydroxylation is 1. The zero-order valence-corrected chi connectivity index (χ0v) is 21.4. The van der Waals surface area contributed by atoms with Crippen LogP contribution in [0.4, 0.5) is 17.1 Å². The summed E-state index contributed by atoms with van der Waals surface area (Å²) >= 11 is 0. The molecule has 2 N–H and O–H groups in total. The molecule has 0 radical (unpaired) electrons. The number of rotatable bonds is 7. The van der Waals surface area contributed by atoms with Gasteiger partial charge in [-0.25, -0.2) is 8.42 Å². The van der Waals surface area contributed by atoms with Crippen LogP contribution < -0.4 is 19.7 Å². The van der Waals surface area contributed by atoms with E-state index in [-0.39, 0.29) is 29.2 Å². The third-order valence-corrected chi connectivity index (χ3v) is 7.07. The van der Waals surface area contributed by atoms with E-state index < -0.39 is 15.4 Å². The quantitative estimate of drug-likeness (QED) is 0.596. The Bertz CT molecular complexity index is 1210. The zero-order valence-electron chi connectivity index (χ0n) is 20.6. The van der Waals surface area contributed by atoms with E-state index in [0.29, 0.717) is 41.3 Å². The highest BCUT2D eigenvalue weighted by molar-refractivity contribution is 7.92. The summed E-state index contributed by atoms with van der Waals surface area (Å²) in [4.78, 5) is 26.6. The molecule has 2 aromatic carbocycles. The minimum absolute atomic E-state index is 0.0286. The fourth-order valence-corrected chi connectivity index (χ4v) is 5.02. The lowest BCUT2D eigenvalue weighted by atomic mass is 9.92. The third kappa shape index (κ3) is 5.52. The zero-order chi connectivity index (χ0) is 25.3. The molecule has 0 fully saturated rings. The first-order valence-electron chi connectivity index (χ1n) is 11.4. The van der Waals surface area contributed by atoms with Crippen molar-refractivity contribution in [1.82, 2.24) is 0 Å². The highest BCUT2D eigenvalue weighted by Gasteiger charge is 2.38. The average molecular weight is 488 g/mol. The lowest BCUT2D eigenvalue weighted by Gasteiger charge is -2.29. The van der Waals surface area contributed by atoms with Crippen LogP contribution >= 0.6 is 0 Å². The van der Waals surface area contributed by atoms with Crippen LogP contribution in [-0.4, -0.2) is 33.4 Å². The Balaban J connectivity index is 1.91. The summed E-state index contributed by atoms with van der Waals surface area (Å²) in [6.07, 6.45) is 0.332. The normalized spacial score (nSPS) is 15.4. The van der Waals surface area contributed by atoms with Gasteiger partial charge in [0.05, 0.1) is 21.7 Å². The van der Waals surface area contributed by atoms with Gasteiger partial charge in [0.25, 0.3) is 10.0 Å². The molecular formula is C25H33N3O5S. The Hall–Kier alpha value is -3.07. The predicted octanol–water partition coefficient (Wildman–Crippen LogP) is 4.55. The second-order valence-corrected chi connectivity index (χ2v) is 11.3. The monoisotopic (exact) mass is 487 g/mol. The number of amides is 2. The highest BCUT2D eigenvalue weighted by atomic mass is 32.2. The topological polar surface area (TPSA) is 105 Å². The second kappa shape index (κ2) is 9.66. The fourth-order valence-electron chi connectivity index (χ4n) is 3.75. The largest absolute Gasteiger partial charge is 0.490 e. The number of anilines is 3. The summed E-state index contributed by atoms with van der Waals surface area (Å²) in [6.45, 7) is 11.9. The van der Waals surface area contributed by atoms with Gasteiger partial charge in [0, 0.05) is 24.7 Å². The number of carbonyl (C=O) groups is 2. The molecule has 0 saturated carbocycles. The Morgan fingerprint density at radius 1 is 1.15 bits per heavy atom. The van der Waals surface area contributed by atoms with E-state index in [1.54, 1.807) is 49.1 Å². The number of benzene rings is 2. The van der Waals surface area contributed by atoms with Crippen molar-refractivity contribution in [3.8, 4) is 5.75 Å². The first kappa shape index (κ1) is 25.6. The molecule has 0 aromatic heterocycles. The molecule has 34 heavy (non-hydrogen) atoms. The minimum atomic E-state index is -3.90. The first-order chi connectivity index (χ1) is 15.8. The van der Waals surface area contributed by atoms with Crippen LogP contribution in [0.2, 0.25) is 0 Å². The number of carbonyl (C=O) groups excluding carboxylic acids is 2. The van der Waals surface area contributed by atoms with E-state index in [4.69, 9.17) is 4.74 Å². The third-order valence-electron chi connectivity index (χ3n) is 5.53. The van der Waals surface area contributed by atoms with Gasteiger partial charge in [-0.15, -0.1) is 0 Å². The van der Waals surface area contributed by atoms with Crippen molar-refractivity contribution in [2.45, 2.75) is 52.9 Å². The second-order valence-electron chi connectivity index (χ2n) is 9.65. The molecule has 0 spiro atoms. The number of nitrogens with one attached hydrogen (secondary N) is 2. The van der Waals surface area contributed by atoms with E-state index in [0.717, 1.165) is 0 Å². The summed E-state index contributed by atoms with van der Waals surface area (Å²) in [7, 11) is -3.90. The molecule has 0 saturated heterocycles. The van der Waals surface area contributed by atoms with Crippen molar-refractivity contribution in [3.05, 3.63) is 42.0 Å². The number of hydrogen-bond acceptors (Lipinski definition) is 5. The van der Waals surface area contributed by atoms with E-state index in [9.17, 15) is 18.0 Å². The Labute approximate surface area is 201 Å². The molecule has 9 heteroatoms. The molecule has 0 unspecified atom stereocenters. The average Bonchev–Trinajstić information content (AvgIpc) is 2.83. The maximum atomic E-state index is 13.1. The molecular weight excluding hydrogens is 454 g/mol. The maximum Gasteiger partial charge on any atom is 0.262 e. The molecule has 0 aliphatic carbocycles. The van der Waals surface area contributed by atoms with Crippen molar-refractivity contribution in [2.24, 2.45) is 11.3 Å². The van der Waals surface area contributed by atoms with Gasteiger partial charge in [0.15, 0.2) is 0 Å². The van der Waals surface area contributed by atoms with Gasteiger partial charge in [-0.1, -0.05) is 20.8 Å². The molecule has 0 bridgehead atoms. The van der Waals surface area contributed by atoms with Crippen LogP contribution in [0.1, 0.15) is 46.6 Å². The SMILES string of the molecule is CCC(=O)Nc1ccc(S(=O)(=O)Nc2ccc3c(c2)OCC(C)(C)C(=O)N3CC(C)C)c(C)c1. The molecule has 1 aliphatic rings. The number of nitrogens with zero attached hydrogens (tertiary/aromatic N) is 1. The molecule has 0 atom stereocenters. The predicted molar refractivity (Wildman–Crippen MR) is 134 cm³/mol. The lowest BCUT2D eigenvalue weighted by Crippen LogP contribution is -2.43. The highest BCUT2D eigenvalue weighted by Crippen LogP contribution is 2.39. The van der Waals surface area contributed by atoms with Crippen molar-refractivity contribution in [1.29, 1.82) is 0 Å². The minimum Gasteiger partial charge on any atom is -0.490 e. The van der Waals surface area contributed by atoms with Gasteiger partial charge in [-0.3, -0.25) is 14.3 Å². The van der Waals surface area contributed by atoms with Crippen LogP contribution in [0.5, 0.6) is 5.75 Å². The van der Waals surface area contributed by atoms with Crippen molar-refractivity contribution in [2.75, 3.05) is 28.1 Å². The molecule has 2 aromatic rings. The number of fused-ring (bicyclic) bond motifs is 1. The fraction of sp³-hybridized carbons (Fsp3) is 0.440.